The van der Waals surface area contributed by atoms with Gasteiger partial charge in [-0.1, -0.05) is 0 Å². The molecule has 0 saturated heterocycles. The summed E-state index contributed by atoms with van der Waals surface area (Å²) in [6.45, 7) is 0.174. The first-order chi connectivity index (χ1) is 12.3. The van der Waals surface area contributed by atoms with E-state index in [1.165, 1.54) is 7.11 Å². The van der Waals surface area contributed by atoms with Crippen LogP contribution in [0.5, 0.6) is 17.2 Å². The van der Waals surface area contributed by atoms with Gasteiger partial charge in [0.1, 0.15) is 11.2 Å². The molecule has 0 amide bonds. The van der Waals surface area contributed by atoms with E-state index in [2.05, 4.69) is 0 Å². The highest BCUT2D eigenvalue weighted by Crippen LogP contribution is 2.39. The van der Waals surface area contributed by atoms with Gasteiger partial charge >= 0.3 is 0 Å². The zero-order chi connectivity index (χ0) is 17.0. The number of fused-ring (bicyclic) bond motifs is 4. The first-order valence-corrected chi connectivity index (χ1v) is 7.67. The fourth-order valence-electron chi connectivity index (χ4n) is 3.09. The van der Waals surface area contributed by atoms with E-state index in [9.17, 15) is 4.79 Å². The van der Waals surface area contributed by atoms with E-state index in [1.54, 1.807) is 42.7 Å². The van der Waals surface area contributed by atoms with Crippen LogP contribution in [0.15, 0.2) is 56.3 Å². The summed E-state index contributed by atoms with van der Waals surface area (Å²) in [7, 11) is 1.45. The smallest absolute Gasteiger partial charge is 0.235 e. The molecule has 0 bridgehead atoms. The molecule has 5 rings (SSSR count). The molecule has 1 aliphatic heterocycles. The standard InChI is InChI=1S/C19H12O6/c1-21-19-16(20)12-3-5-13-11(6-7-22-13)18(12)25-17(19)10-2-4-14-15(8-10)24-9-23-14/h2-8H,9H2,1H3. The van der Waals surface area contributed by atoms with E-state index in [0.29, 0.717) is 39.4 Å². The average molecular weight is 336 g/mol. The molecule has 0 unspecified atom stereocenters. The van der Waals surface area contributed by atoms with E-state index in [-0.39, 0.29) is 18.0 Å². The number of ether oxygens (including phenoxy) is 3. The third-order valence-corrected chi connectivity index (χ3v) is 4.29. The number of furan rings is 1. The summed E-state index contributed by atoms with van der Waals surface area (Å²) in [6.07, 6.45) is 1.56. The van der Waals surface area contributed by atoms with Crippen LogP contribution in [-0.2, 0) is 0 Å². The predicted molar refractivity (Wildman–Crippen MR) is 90.4 cm³/mol. The second kappa shape index (κ2) is 5.04. The van der Waals surface area contributed by atoms with Crippen molar-refractivity contribution in [3.8, 4) is 28.6 Å². The first-order valence-electron chi connectivity index (χ1n) is 7.67. The van der Waals surface area contributed by atoms with Crippen LogP contribution < -0.4 is 19.6 Å². The minimum atomic E-state index is -0.237. The topological polar surface area (TPSA) is 71.0 Å². The zero-order valence-corrected chi connectivity index (χ0v) is 13.2. The molecule has 0 saturated carbocycles. The van der Waals surface area contributed by atoms with E-state index in [1.807, 2.05) is 0 Å². The molecular formula is C19H12O6. The number of hydrogen-bond acceptors (Lipinski definition) is 6. The van der Waals surface area contributed by atoms with Crippen LogP contribution in [0, 0.1) is 0 Å². The molecular weight excluding hydrogens is 324 g/mol. The van der Waals surface area contributed by atoms with Crippen molar-refractivity contribution in [2.45, 2.75) is 0 Å². The van der Waals surface area contributed by atoms with Crippen molar-refractivity contribution in [3.05, 3.63) is 52.9 Å². The Kier molecular flexibility index (Phi) is 2.82. The molecule has 3 heterocycles. The van der Waals surface area contributed by atoms with Gasteiger partial charge in [-0.15, -0.1) is 0 Å². The molecule has 0 aliphatic carbocycles. The number of methoxy groups -OCH3 is 1. The minimum absolute atomic E-state index is 0.147. The lowest BCUT2D eigenvalue weighted by Crippen LogP contribution is -2.07. The molecule has 6 nitrogen and oxygen atoms in total. The molecule has 0 spiro atoms. The van der Waals surface area contributed by atoms with E-state index in [0.717, 1.165) is 5.39 Å². The Morgan fingerprint density at radius 2 is 1.88 bits per heavy atom. The van der Waals surface area contributed by atoms with Gasteiger partial charge in [-0.25, -0.2) is 0 Å². The van der Waals surface area contributed by atoms with Crippen LogP contribution in [-0.4, -0.2) is 13.9 Å². The van der Waals surface area contributed by atoms with Crippen molar-refractivity contribution in [3.63, 3.8) is 0 Å². The summed E-state index contributed by atoms with van der Waals surface area (Å²) in [6, 6.07) is 10.5. The largest absolute Gasteiger partial charge is 0.490 e. The van der Waals surface area contributed by atoms with Gasteiger partial charge in [-0.2, -0.15) is 0 Å². The summed E-state index contributed by atoms with van der Waals surface area (Å²) in [5, 5.41) is 1.18. The van der Waals surface area contributed by atoms with E-state index >= 15 is 0 Å². The lowest BCUT2D eigenvalue weighted by Gasteiger charge is -2.10. The monoisotopic (exact) mass is 336 g/mol. The van der Waals surface area contributed by atoms with Crippen molar-refractivity contribution in [2.24, 2.45) is 0 Å². The molecule has 4 aromatic rings. The maximum absolute atomic E-state index is 12.9. The van der Waals surface area contributed by atoms with Crippen LogP contribution in [0.4, 0.5) is 0 Å². The van der Waals surface area contributed by atoms with Gasteiger partial charge in [0.05, 0.1) is 24.1 Å². The Balaban J connectivity index is 1.86. The highest BCUT2D eigenvalue weighted by atomic mass is 16.7. The summed E-state index contributed by atoms with van der Waals surface area (Å²) in [5.41, 5.74) is 1.54. The van der Waals surface area contributed by atoms with Gasteiger partial charge < -0.3 is 23.0 Å². The third-order valence-electron chi connectivity index (χ3n) is 4.29. The molecule has 124 valence electrons. The summed E-state index contributed by atoms with van der Waals surface area (Å²) in [4.78, 5) is 12.9. The number of benzene rings is 2. The predicted octanol–water partition coefficient (Wildman–Crippen LogP) is 3.94. The van der Waals surface area contributed by atoms with Crippen LogP contribution in [0.25, 0.3) is 33.3 Å². The highest BCUT2D eigenvalue weighted by Gasteiger charge is 2.21. The third kappa shape index (κ3) is 1.94. The van der Waals surface area contributed by atoms with Gasteiger partial charge in [0.25, 0.3) is 0 Å². The van der Waals surface area contributed by atoms with Crippen molar-refractivity contribution in [2.75, 3.05) is 13.9 Å². The van der Waals surface area contributed by atoms with Gasteiger partial charge in [0, 0.05) is 5.56 Å². The molecule has 0 fully saturated rings. The quantitative estimate of drug-likeness (QED) is 0.552. The highest BCUT2D eigenvalue weighted by molar-refractivity contribution is 6.02. The SMILES string of the molecule is COc1c(-c2ccc3c(c2)OCO3)oc2c(ccc3occc32)c1=O. The first kappa shape index (κ1) is 14.0. The van der Waals surface area contributed by atoms with Gasteiger partial charge in [-0.3, -0.25) is 4.79 Å². The maximum atomic E-state index is 12.9. The molecule has 0 N–H and O–H groups in total. The minimum Gasteiger partial charge on any atom is -0.490 e. The lowest BCUT2D eigenvalue weighted by molar-refractivity contribution is 0.174. The molecule has 25 heavy (non-hydrogen) atoms. The average Bonchev–Trinajstić information content (AvgIpc) is 3.29. The van der Waals surface area contributed by atoms with Crippen LogP contribution >= 0.6 is 0 Å². The molecule has 2 aromatic carbocycles. The molecule has 0 radical (unpaired) electrons. The normalized spacial score (nSPS) is 12.8. The number of rotatable bonds is 2. The van der Waals surface area contributed by atoms with Gasteiger partial charge in [0.15, 0.2) is 17.3 Å². The summed E-state index contributed by atoms with van der Waals surface area (Å²) < 4.78 is 27.6. The summed E-state index contributed by atoms with van der Waals surface area (Å²) in [5.74, 6) is 1.74. The fourth-order valence-corrected chi connectivity index (χ4v) is 3.09. The number of hydrogen-bond donors (Lipinski definition) is 0. The zero-order valence-electron chi connectivity index (χ0n) is 13.2. The van der Waals surface area contributed by atoms with Crippen molar-refractivity contribution in [1.82, 2.24) is 0 Å². The Labute approximate surface area is 141 Å². The van der Waals surface area contributed by atoms with E-state index < -0.39 is 0 Å². The molecule has 2 aromatic heterocycles. The maximum Gasteiger partial charge on any atom is 0.235 e. The van der Waals surface area contributed by atoms with Crippen LogP contribution in [0.1, 0.15) is 0 Å². The Bertz CT molecular complexity index is 1180. The van der Waals surface area contributed by atoms with E-state index in [4.69, 9.17) is 23.0 Å². The molecule has 6 heteroatoms. The van der Waals surface area contributed by atoms with Crippen LogP contribution in [0.3, 0.4) is 0 Å². The molecule has 0 atom stereocenters. The lowest BCUT2D eigenvalue weighted by atomic mass is 10.1. The fraction of sp³-hybridized carbons (Fsp3) is 0.105. The van der Waals surface area contributed by atoms with Crippen molar-refractivity contribution >= 4 is 21.9 Å². The second-order valence-corrected chi connectivity index (χ2v) is 5.64. The van der Waals surface area contributed by atoms with Crippen LogP contribution in [0.2, 0.25) is 0 Å². The van der Waals surface area contributed by atoms with Crippen molar-refractivity contribution < 1.29 is 23.0 Å². The Hall–Kier alpha value is -3.41. The van der Waals surface area contributed by atoms with Gasteiger partial charge in [0.2, 0.25) is 18.0 Å². The second-order valence-electron chi connectivity index (χ2n) is 5.64. The Morgan fingerprint density at radius 1 is 1.00 bits per heavy atom. The van der Waals surface area contributed by atoms with Gasteiger partial charge in [-0.05, 0) is 36.4 Å². The Morgan fingerprint density at radius 3 is 2.76 bits per heavy atom. The summed E-state index contributed by atoms with van der Waals surface area (Å²) >= 11 is 0. The van der Waals surface area contributed by atoms with Crippen molar-refractivity contribution in [1.29, 1.82) is 0 Å². The molecule has 1 aliphatic rings.